The van der Waals surface area contributed by atoms with E-state index in [0.29, 0.717) is 31.4 Å². The predicted molar refractivity (Wildman–Crippen MR) is 121 cm³/mol. The van der Waals surface area contributed by atoms with E-state index in [9.17, 15) is 0 Å². The van der Waals surface area contributed by atoms with Gasteiger partial charge in [-0.3, -0.25) is 20.7 Å². The summed E-state index contributed by atoms with van der Waals surface area (Å²) in [6.07, 6.45) is 13.4. The van der Waals surface area contributed by atoms with Crippen LogP contribution in [0.1, 0.15) is 90.4 Å². The van der Waals surface area contributed by atoms with Crippen molar-refractivity contribution < 1.29 is 0 Å². The third-order valence-electron chi connectivity index (χ3n) is 4.49. The summed E-state index contributed by atoms with van der Waals surface area (Å²) in [6.45, 7) is 3.41. The molecule has 0 aliphatic rings. The molecule has 0 aliphatic heterocycles. The predicted octanol–water partition coefficient (Wildman–Crippen LogP) is 3.25. The number of hydrogen-bond acceptors (Lipinski definition) is 4. The third kappa shape index (κ3) is 18.7. The maximum Gasteiger partial charge on any atom is 0.195 e. The fourth-order valence-corrected chi connectivity index (χ4v) is 2.72. The zero-order valence-electron chi connectivity index (χ0n) is 17.7. The quantitative estimate of drug-likeness (QED) is 0.127. The van der Waals surface area contributed by atoms with E-state index in [-0.39, 0.29) is 5.84 Å². The summed E-state index contributed by atoms with van der Waals surface area (Å²) >= 11 is 0. The van der Waals surface area contributed by atoms with E-state index in [0.717, 1.165) is 69.9 Å². The Morgan fingerprint density at radius 2 is 1.11 bits per heavy atom. The lowest BCUT2D eigenvalue weighted by Gasteiger charge is -2.05. The molecule has 0 radical (unpaired) electrons. The van der Waals surface area contributed by atoms with Crippen LogP contribution in [0, 0.1) is 10.8 Å². The van der Waals surface area contributed by atoms with Crippen molar-refractivity contribution in [2.45, 2.75) is 90.4 Å². The van der Waals surface area contributed by atoms with Crippen LogP contribution < -0.4 is 22.5 Å². The van der Waals surface area contributed by atoms with E-state index in [1.807, 2.05) is 6.92 Å². The van der Waals surface area contributed by atoms with Gasteiger partial charge in [-0.15, -0.1) is 0 Å². The molecule has 9 N–H and O–H groups in total. The highest BCUT2D eigenvalue weighted by Crippen LogP contribution is 2.07. The minimum atomic E-state index is 0.271. The summed E-state index contributed by atoms with van der Waals surface area (Å²) in [5.74, 6) is 0.908. The first-order valence-electron chi connectivity index (χ1n) is 10.7. The number of nitrogens with zero attached hydrogens (tertiary/aromatic N) is 2. The second kappa shape index (κ2) is 18.3. The molecule has 0 bridgehead atoms. The molecular formula is C20H42N8. The van der Waals surface area contributed by atoms with Crippen molar-refractivity contribution in [1.82, 2.24) is 5.32 Å². The van der Waals surface area contributed by atoms with Crippen LogP contribution in [0.4, 0.5) is 0 Å². The van der Waals surface area contributed by atoms with E-state index in [1.54, 1.807) is 0 Å². The Morgan fingerprint density at radius 1 is 0.679 bits per heavy atom. The summed E-state index contributed by atoms with van der Waals surface area (Å²) in [5, 5.41) is 17.6. The average Bonchev–Trinajstić information content (AvgIpc) is 2.65. The number of nitrogens with one attached hydrogen (secondary N) is 3. The Balaban J connectivity index is 3.61. The van der Waals surface area contributed by atoms with Gasteiger partial charge in [0.2, 0.25) is 0 Å². The molecule has 0 unspecified atom stereocenters. The summed E-state index contributed by atoms with van der Waals surface area (Å²) in [6, 6.07) is 0. The highest BCUT2D eigenvalue weighted by Gasteiger charge is 1.97. The zero-order valence-corrected chi connectivity index (χ0v) is 17.7. The van der Waals surface area contributed by atoms with Gasteiger partial charge in [-0.2, -0.15) is 0 Å². The minimum absolute atomic E-state index is 0.271. The van der Waals surface area contributed by atoms with Gasteiger partial charge in [-0.05, 0) is 38.5 Å². The van der Waals surface area contributed by atoms with Crippen molar-refractivity contribution in [3.8, 4) is 0 Å². The smallest absolute Gasteiger partial charge is 0.195 e. The molecule has 162 valence electrons. The topological polar surface area (TPSA) is 163 Å². The summed E-state index contributed by atoms with van der Waals surface area (Å²) in [4.78, 5) is 8.54. The molecule has 0 saturated heterocycles. The largest absolute Gasteiger partial charge is 0.388 e. The molecule has 0 aromatic heterocycles. The first-order valence-corrected chi connectivity index (χ1v) is 10.7. The van der Waals surface area contributed by atoms with Gasteiger partial charge >= 0.3 is 0 Å². The Kier molecular flexibility index (Phi) is 16.9. The molecule has 0 amide bonds. The summed E-state index contributed by atoms with van der Waals surface area (Å²) in [7, 11) is 0. The molecule has 0 aliphatic carbocycles. The molecule has 8 nitrogen and oxygen atoms in total. The first kappa shape index (κ1) is 25.9. The van der Waals surface area contributed by atoms with Gasteiger partial charge in [0.05, 0.1) is 5.84 Å². The molecule has 0 saturated carbocycles. The van der Waals surface area contributed by atoms with Crippen molar-refractivity contribution in [2.75, 3.05) is 13.1 Å². The minimum Gasteiger partial charge on any atom is -0.388 e. The number of guanidine groups is 2. The summed E-state index contributed by atoms with van der Waals surface area (Å²) in [5.41, 5.74) is 17.8. The van der Waals surface area contributed by atoms with Gasteiger partial charge in [-0.1, -0.05) is 45.4 Å². The van der Waals surface area contributed by atoms with Crippen LogP contribution >= 0.6 is 0 Å². The number of aliphatic imine (C=N–C) groups is 2. The number of unbranched alkanes of at least 4 members (excludes halogenated alkanes) is 8. The van der Waals surface area contributed by atoms with Crippen molar-refractivity contribution in [3.05, 3.63) is 0 Å². The first-order chi connectivity index (χ1) is 13.5. The molecule has 0 fully saturated rings. The second-order valence-corrected chi connectivity index (χ2v) is 7.18. The normalized spacial score (nSPS) is 12.2. The van der Waals surface area contributed by atoms with Crippen LogP contribution in [0.5, 0.6) is 0 Å². The van der Waals surface area contributed by atoms with E-state index < -0.39 is 0 Å². The molecule has 0 aromatic carbocycles. The highest BCUT2D eigenvalue weighted by atomic mass is 15.2. The highest BCUT2D eigenvalue weighted by molar-refractivity contribution is 5.97. The van der Waals surface area contributed by atoms with Crippen LogP contribution in [-0.2, 0) is 0 Å². The van der Waals surface area contributed by atoms with Crippen molar-refractivity contribution >= 4 is 23.5 Å². The fraction of sp³-hybridized carbons (Fsp3) is 0.800. The molecular weight excluding hydrogens is 352 g/mol. The van der Waals surface area contributed by atoms with Crippen LogP contribution in [0.3, 0.4) is 0 Å². The van der Waals surface area contributed by atoms with E-state index >= 15 is 0 Å². The summed E-state index contributed by atoms with van der Waals surface area (Å²) < 4.78 is 0. The van der Waals surface area contributed by atoms with E-state index in [1.165, 1.54) is 12.8 Å². The number of hydrogen-bond donors (Lipinski definition) is 6. The van der Waals surface area contributed by atoms with Crippen LogP contribution in [0.25, 0.3) is 0 Å². The average molecular weight is 395 g/mol. The van der Waals surface area contributed by atoms with Gasteiger partial charge in [0.25, 0.3) is 0 Å². The molecule has 0 rings (SSSR count). The Morgan fingerprint density at radius 3 is 1.57 bits per heavy atom. The Hall–Kier alpha value is -2.12. The van der Waals surface area contributed by atoms with Crippen molar-refractivity contribution in [3.63, 3.8) is 0 Å². The molecule has 8 heteroatoms. The van der Waals surface area contributed by atoms with Crippen molar-refractivity contribution in [2.24, 2.45) is 27.2 Å². The zero-order chi connectivity index (χ0) is 21.0. The number of rotatable bonds is 17. The number of amidine groups is 1. The van der Waals surface area contributed by atoms with Gasteiger partial charge in [0, 0.05) is 25.2 Å². The van der Waals surface area contributed by atoms with Gasteiger partial charge < -0.3 is 22.6 Å². The van der Waals surface area contributed by atoms with Crippen LogP contribution in [0.2, 0.25) is 0 Å². The van der Waals surface area contributed by atoms with Crippen molar-refractivity contribution in [1.29, 1.82) is 10.8 Å². The molecule has 0 atom stereocenters. The standard InChI is InChI=1S/C20H42N8/c1-2-17(21)13-9-5-3-7-11-15-26-19(24)28-20(25)27-16-12-8-4-6-10-14-18(22)23/h21H,2-16H2,1H3,(H3,22,23)(H5,24,25,26,27,28). The van der Waals surface area contributed by atoms with E-state index in [2.05, 4.69) is 15.3 Å². The maximum atomic E-state index is 7.62. The van der Waals surface area contributed by atoms with Gasteiger partial charge in [0.15, 0.2) is 11.9 Å². The third-order valence-corrected chi connectivity index (χ3v) is 4.49. The second-order valence-electron chi connectivity index (χ2n) is 7.18. The molecule has 0 heterocycles. The maximum absolute atomic E-state index is 7.62. The lowest BCUT2D eigenvalue weighted by Crippen LogP contribution is -2.41. The Labute approximate surface area is 170 Å². The SMILES string of the molecule is CCC(=N)CCCCCCCN=C(N)NC(N)=NCCCCCCCC(=N)N. The fourth-order valence-electron chi connectivity index (χ4n) is 2.72. The molecule has 28 heavy (non-hydrogen) atoms. The molecule has 0 aromatic rings. The van der Waals surface area contributed by atoms with Gasteiger partial charge in [0.1, 0.15) is 0 Å². The molecule has 0 spiro atoms. The van der Waals surface area contributed by atoms with E-state index in [4.69, 9.17) is 28.0 Å². The van der Waals surface area contributed by atoms with Crippen LogP contribution in [-0.4, -0.2) is 36.6 Å². The lowest BCUT2D eigenvalue weighted by molar-refractivity contribution is 0.625. The Bertz CT molecular complexity index is 485. The lowest BCUT2D eigenvalue weighted by atomic mass is 10.1. The monoisotopic (exact) mass is 394 g/mol. The van der Waals surface area contributed by atoms with Gasteiger partial charge in [-0.25, -0.2) is 0 Å². The number of nitrogens with two attached hydrogens (primary N) is 3. The van der Waals surface area contributed by atoms with Crippen LogP contribution in [0.15, 0.2) is 9.98 Å².